The zero-order chi connectivity index (χ0) is 12.5. The number of nitro benzene ring substituents is 1. The van der Waals surface area contributed by atoms with Crippen molar-refractivity contribution in [3.63, 3.8) is 0 Å². The first-order valence-corrected chi connectivity index (χ1v) is 5.67. The molecule has 1 rings (SSSR count). The second kappa shape index (κ2) is 7.76. The standard InChI is InChI=1S/C12H18N2O3/c1-17-9-3-2-8-13-10-11-4-6-12(7-5-11)14(15)16/h4-7,13H,2-3,8-10H2,1H3. The predicted octanol–water partition coefficient (Wildman–Crippen LogP) is 2.11. The van der Waals surface area contributed by atoms with Crippen molar-refractivity contribution in [3.8, 4) is 0 Å². The van der Waals surface area contributed by atoms with Gasteiger partial charge in [0, 0.05) is 32.4 Å². The Labute approximate surface area is 101 Å². The molecule has 0 heterocycles. The summed E-state index contributed by atoms with van der Waals surface area (Å²) in [7, 11) is 1.70. The summed E-state index contributed by atoms with van der Waals surface area (Å²) in [4.78, 5) is 10.1. The molecular weight excluding hydrogens is 220 g/mol. The molecule has 0 aliphatic heterocycles. The number of hydrogen-bond acceptors (Lipinski definition) is 4. The van der Waals surface area contributed by atoms with E-state index in [9.17, 15) is 10.1 Å². The van der Waals surface area contributed by atoms with Crippen LogP contribution >= 0.6 is 0 Å². The molecule has 0 bridgehead atoms. The van der Waals surface area contributed by atoms with Gasteiger partial charge in [0.2, 0.25) is 0 Å². The summed E-state index contributed by atoms with van der Waals surface area (Å²) in [5, 5.41) is 13.7. The van der Waals surface area contributed by atoms with Gasteiger partial charge in [0.1, 0.15) is 0 Å². The van der Waals surface area contributed by atoms with Crippen LogP contribution in [0.1, 0.15) is 18.4 Å². The van der Waals surface area contributed by atoms with Crippen molar-refractivity contribution in [2.75, 3.05) is 20.3 Å². The third kappa shape index (κ3) is 5.42. The van der Waals surface area contributed by atoms with Crippen LogP contribution in [0, 0.1) is 10.1 Å². The van der Waals surface area contributed by atoms with Crippen LogP contribution in [0.3, 0.4) is 0 Å². The highest BCUT2D eigenvalue weighted by Gasteiger charge is 2.03. The zero-order valence-electron chi connectivity index (χ0n) is 10.0. The molecule has 0 aliphatic carbocycles. The van der Waals surface area contributed by atoms with Gasteiger partial charge in [-0.15, -0.1) is 0 Å². The Morgan fingerprint density at radius 3 is 2.59 bits per heavy atom. The first-order valence-electron chi connectivity index (χ1n) is 5.67. The van der Waals surface area contributed by atoms with E-state index in [1.807, 2.05) is 0 Å². The largest absolute Gasteiger partial charge is 0.385 e. The average Bonchev–Trinajstić information content (AvgIpc) is 2.34. The molecule has 0 spiro atoms. The van der Waals surface area contributed by atoms with E-state index in [-0.39, 0.29) is 10.6 Å². The van der Waals surface area contributed by atoms with Gasteiger partial charge in [-0.3, -0.25) is 10.1 Å². The van der Waals surface area contributed by atoms with Crippen LogP contribution in [-0.4, -0.2) is 25.2 Å². The van der Waals surface area contributed by atoms with Gasteiger partial charge in [0.25, 0.3) is 5.69 Å². The van der Waals surface area contributed by atoms with E-state index >= 15 is 0 Å². The molecule has 0 radical (unpaired) electrons. The predicted molar refractivity (Wildman–Crippen MR) is 65.9 cm³/mol. The van der Waals surface area contributed by atoms with E-state index in [1.54, 1.807) is 19.2 Å². The quantitative estimate of drug-likeness (QED) is 0.428. The van der Waals surface area contributed by atoms with Gasteiger partial charge in [-0.25, -0.2) is 0 Å². The van der Waals surface area contributed by atoms with E-state index in [0.29, 0.717) is 0 Å². The van der Waals surface area contributed by atoms with Crippen LogP contribution in [0.5, 0.6) is 0 Å². The van der Waals surface area contributed by atoms with Gasteiger partial charge in [-0.1, -0.05) is 12.1 Å². The maximum Gasteiger partial charge on any atom is 0.269 e. The van der Waals surface area contributed by atoms with Gasteiger partial charge in [-0.05, 0) is 24.9 Å². The van der Waals surface area contributed by atoms with Crippen LogP contribution in [0.15, 0.2) is 24.3 Å². The lowest BCUT2D eigenvalue weighted by Crippen LogP contribution is -2.15. The molecule has 5 heteroatoms. The topological polar surface area (TPSA) is 64.4 Å². The molecule has 1 N–H and O–H groups in total. The number of methoxy groups -OCH3 is 1. The summed E-state index contributed by atoms with van der Waals surface area (Å²) in [5.41, 5.74) is 1.19. The fourth-order valence-corrected chi connectivity index (χ4v) is 1.46. The summed E-state index contributed by atoms with van der Waals surface area (Å²) in [6.45, 7) is 2.46. The Balaban J connectivity index is 2.21. The molecule has 0 saturated heterocycles. The fourth-order valence-electron chi connectivity index (χ4n) is 1.46. The normalized spacial score (nSPS) is 10.4. The molecule has 1 aromatic rings. The minimum Gasteiger partial charge on any atom is -0.385 e. The Morgan fingerprint density at radius 2 is 2.00 bits per heavy atom. The van der Waals surface area contributed by atoms with Crippen LogP contribution < -0.4 is 5.32 Å². The van der Waals surface area contributed by atoms with E-state index < -0.39 is 0 Å². The minimum absolute atomic E-state index is 0.133. The summed E-state index contributed by atoms with van der Waals surface area (Å²) in [6, 6.07) is 6.62. The lowest BCUT2D eigenvalue weighted by Gasteiger charge is -2.04. The van der Waals surface area contributed by atoms with Crippen molar-refractivity contribution in [1.82, 2.24) is 5.32 Å². The smallest absolute Gasteiger partial charge is 0.269 e. The second-order valence-electron chi connectivity index (χ2n) is 3.80. The minimum atomic E-state index is -0.387. The van der Waals surface area contributed by atoms with E-state index in [2.05, 4.69) is 5.32 Å². The molecule has 5 nitrogen and oxygen atoms in total. The highest BCUT2D eigenvalue weighted by molar-refractivity contribution is 5.32. The monoisotopic (exact) mass is 238 g/mol. The summed E-state index contributed by atoms with van der Waals surface area (Å²) >= 11 is 0. The third-order valence-electron chi connectivity index (χ3n) is 2.43. The molecule has 0 aromatic heterocycles. The first kappa shape index (κ1) is 13.6. The fraction of sp³-hybridized carbons (Fsp3) is 0.500. The van der Waals surface area contributed by atoms with E-state index in [4.69, 9.17) is 4.74 Å². The highest BCUT2D eigenvalue weighted by atomic mass is 16.6. The van der Waals surface area contributed by atoms with Crippen molar-refractivity contribution < 1.29 is 9.66 Å². The second-order valence-corrected chi connectivity index (χ2v) is 3.80. The Bertz CT molecular complexity index is 338. The first-order chi connectivity index (χ1) is 8.24. The number of nitrogens with zero attached hydrogens (tertiary/aromatic N) is 1. The molecule has 0 unspecified atom stereocenters. The molecule has 94 valence electrons. The third-order valence-corrected chi connectivity index (χ3v) is 2.43. The average molecular weight is 238 g/mol. The summed E-state index contributed by atoms with van der Waals surface area (Å²) < 4.78 is 4.95. The number of nitrogens with one attached hydrogen (secondary N) is 1. The molecule has 1 aromatic carbocycles. The van der Waals surface area contributed by atoms with Crippen LogP contribution in [0.25, 0.3) is 0 Å². The van der Waals surface area contributed by atoms with Crippen molar-refractivity contribution in [1.29, 1.82) is 0 Å². The molecule has 0 fully saturated rings. The maximum absolute atomic E-state index is 10.5. The zero-order valence-corrected chi connectivity index (χ0v) is 10.0. The summed E-state index contributed by atoms with van der Waals surface area (Å²) in [5.74, 6) is 0. The lowest BCUT2D eigenvalue weighted by molar-refractivity contribution is -0.384. The maximum atomic E-state index is 10.5. The van der Waals surface area contributed by atoms with Crippen molar-refractivity contribution in [2.45, 2.75) is 19.4 Å². The van der Waals surface area contributed by atoms with Crippen LogP contribution in [0.2, 0.25) is 0 Å². The molecular formula is C12H18N2O3. The van der Waals surface area contributed by atoms with Gasteiger partial charge in [-0.2, -0.15) is 0 Å². The van der Waals surface area contributed by atoms with Gasteiger partial charge < -0.3 is 10.1 Å². The highest BCUT2D eigenvalue weighted by Crippen LogP contribution is 2.11. The number of benzene rings is 1. The van der Waals surface area contributed by atoms with E-state index in [0.717, 1.165) is 38.1 Å². The van der Waals surface area contributed by atoms with Crippen molar-refractivity contribution in [2.24, 2.45) is 0 Å². The number of nitro groups is 1. The Hall–Kier alpha value is -1.46. The molecule has 0 saturated carbocycles. The molecule has 0 atom stereocenters. The van der Waals surface area contributed by atoms with Crippen molar-refractivity contribution in [3.05, 3.63) is 39.9 Å². The molecule has 0 amide bonds. The molecule has 17 heavy (non-hydrogen) atoms. The number of hydrogen-bond donors (Lipinski definition) is 1. The Morgan fingerprint density at radius 1 is 1.29 bits per heavy atom. The van der Waals surface area contributed by atoms with E-state index in [1.165, 1.54) is 12.1 Å². The summed E-state index contributed by atoms with van der Waals surface area (Å²) in [6.07, 6.45) is 2.12. The van der Waals surface area contributed by atoms with Gasteiger partial charge in [0.05, 0.1) is 4.92 Å². The number of rotatable bonds is 8. The SMILES string of the molecule is COCCCCNCc1ccc([N+](=O)[O-])cc1. The Kier molecular flexibility index (Phi) is 6.21. The number of non-ortho nitro benzene ring substituents is 1. The number of unbranched alkanes of at least 4 members (excludes halogenated alkanes) is 1. The van der Waals surface area contributed by atoms with Crippen molar-refractivity contribution >= 4 is 5.69 Å². The van der Waals surface area contributed by atoms with Crippen LogP contribution in [-0.2, 0) is 11.3 Å². The molecule has 0 aliphatic rings. The van der Waals surface area contributed by atoms with Gasteiger partial charge in [0.15, 0.2) is 0 Å². The number of ether oxygens (including phenoxy) is 1. The van der Waals surface area contributed by atoms with Gasteiger partial charge >= 0.3 is 0 Å². The lowest BCUT2D eigenvalue weighted by atomic mass is 10.2. The van der Waals surface area contributed by atoms with Crippen LogP contribution in [0.4, 0.5) is 5.69 Å².